The van der Waals surface area contributed by atoms with Gasteiger partial charge in [0.05, 0.1) is 19.8 Å². The van der Waals surface area contributed by atoms with Gasteiger partial charge in [-0.3, -0.25) is 9.89 Å². The number of nitrogens with two attached hydrogens (primary N) is 1. The molecule has 0 aromatic heterocycles. The number of rotatable bonds is 6. The maximum Gasteiger partial charge on any atom is 0.188 e. The summed E-state index contributed by atoms with van der Waals surface area (Å²) in [5.41, 5.74) is 7.65. The Labute approximate surface area is 174 Å². The first kappa shape index (κ1) is 21.4. The molecule has 146 valence electrons. The number of aliphatic imine (C=N–C) groups is 1. The molecule has 0 spiro atoms. The van der Waals surface area contributed by atoms with Gasteiger partial charge in [0, 0.05) is 25.2 Å². The fraction of sp³-hybridized carbons (Fsp3) is 0.650. The van der Waals surface area contributed by atoms with Crippen LogP contribution in [0.3, 0.4) is 0 Å². The maximum absolute atomic E-state index is 6.14. The predicted molar refractivity (Wildman–Crippen MR) is 118 cm³/mol. The zero-order chi connectivity index (χ0) is 17.4. The number of nitrogens with one attached hydrogen (secondary N) is 1. The molecule has 0 atom stereocenters. The Bertz CT molecular complexity index is 540. The summed E-state index contributed by atoms with van der Waals surface area (Å²) < 4.78 is 5.54. The normalized spacial score (nSPS) is 21.0. The lowest BCUT2D eigenvalue weighted by molar-refractivity contribution is -0.0333. The molecule has 1 saturated carbocycles. The number of nitrogens with zero attached hydrogens (tertiary/aromatic N) is 2. The first-order valence-corrected chi connectivity index (χ1v) is 9.69. The summed E-state index contributed by atoms with van der Waals surface area (Å²) in [6.45, 7) is 5.36. The van der Waals surface area contributed by atoms with Crippen molar-refractivity contribution in [2.75, 3.05) is 39.4 Å². The van der Waals surface area contributed by atoms with Crippen molar-refractivity contribution in [1.29, 1.82) is 0 Å². The molecule has 1 aliphatic carbocycles. The third-order valence-electron chi connectivity index (χ3n) is 5.57. The molecule has 1 saturated heterocycles. The third kappa shape index (κ3) is 6.09. The van der Waals surface area contributed by atoms with E-state index in [0.29, 0.717) is 5.96 Å². The fourth-order valence-corrected chi connectivity index (χ4v) is 4.09. The van der Waals surface area contributed by atoms with Gasteiger partial charge in [0.1, 0.15) is 0 Å². The van der Waals surface area contributed by atoms with Gasteiger partial charge in [0.25, 0.3) is 0 Å². The highest BCUT2D eigenvalue weighted by Gasteiger charge is 2.38. The lowest BCUT2D eigenvalue weighted by Gasteiger charge is -2.47. The smallest absolute Gasteiger partial charge is 0.188 e. The van der Waals surface area contributed by atoms with E-state index in [4.69, 9.17) is 15.5 Å². The molecule has 3 N–H and O–H groups in total. The van der Waals surface area contributed by atoms with Gasteiger partial charge in [-0.05, 0) is 24.8 Å². The first-order valence-electron chi connectivity index (χ1n) is 9.69. The SMILES string of the molecule is I.NC(=NCC1(N2CCOCC2)CCCCC1)NCCc1ccccc1. The van der Waals surface area contributed by atoms with Crippen LogP contribution in [0.1, 0.15) is 37.7 Å². The second-order valence-electron chi connectivity index (χ2n) is 7.25. The van der Waals surface area contributed by atoms with Crippen LogP contribution in [-0.4, -0.2) is 55.8 Å². The molecule has 5 nitrogen and oxygen atoms in total. The van der Waals surface area contributed by atoms with E-state index in [1.54, 1.807) is 0 Å². The average Bonchev–Trinajstić information content (AvgIpc) is 2.69. The maximum atomic E-state index is 6.14. The van der Waals surface area contributed by atoms with Gasteiger partial charge in [-0.1, -0.05) is 49.6 Å². The predicted octanol–water partition coefficient (Wildman–Crippen LogP) is 2.79. The summed E-state index contributed by atoms with van der Waals surface area (Å²) in [4.78, 5) is 7.33. The van der Waals surface area contributed by atoms with Crippen LogP contribution in [0.4, 0.5) is 0 Å². The molecule has 0 radical (unpaired) electrons. The van der Waals surface area contributed by atoms with Crippen LogP contribution in [0.15, 0.2) is 35.3 Å². The van der Waals surface area contributed by atoms with Crippen molar-refractivity contribution < 1.29 is 4.74 Å². The molecule has 2 aliphatic rings. The van der Waals surface area contributed by atoms with Gasteiger partial charge in [-0.15, -0.1) is 24.0 Å². The Morgan fingerprint density at radius 2 is 1.81 bits per heavy atom. The summed E-state index contributed by atoms with van der Waals surface area (Å²) in [7, 11) is 0. The lowest BCUT2D eigenvalue weighted by atomic mass is 9.80. The van der Waals surface area contributed by atoms with E-state index >= 15 is 0 Å². The Morgan fingerprint density at radius 3 is 2.50 bits per heavy atom. The molecule has 0 amide bonds. The second kappa shape index (κ2) is 11.1. The van der Waals surface area contributed by atoms with Crippen molar-refractivity contribution in [3.8, 4) is 0 Å². The Morgan fingerprint density at radius 1 is 1.12 bits per heavy atom. The third-order valence-corrected chi connectivity index (χ3v) is 5.57. The zero-order valence-electron chi connectivity index (χ0n) is 15.7. The van der Waals surface area contributed by atoms with E-state index in [0.717, 1.165) is 45.8 Å². The van der Waals surface area contributed by atoms with Gasteiger partial charge in [0.15, 0.2) is 5.96 Å². The van der Waals surface area contributed by atoms with Crippen molar-refractivity contribution in [1.82, 2.24) is 10.2 Å². The van der Waals surface area contributed by atoms with E-state index in [-0.39, 0.29) is 29.5 Å². The quantitative estimate of drug-likeness (QED) is 0.380. The summed E-state index contributed by atoms with van der Waals surface area (Å²) >= 11 is 0. The van der Waals surface area contributed by atoms with Crippen molar-refractivity contribution in [2.45, 2.75) is 44.1 Å². The summed E-state index contributed by atoms with van der Waals surface area (Å²) in [5, 5.41) is 3.28. The molecule has 1 aromatic rings. The highest BCUT2D eigenvalue weighted by molar-refractivity contribution is 14.0. The fourth-order valence-electron chi connectivity index (χ4n) is 4.09. The van der Waals surface area contributed by atoms with E-state index in [9.17, 15) is 0 Å². The number of halogens is 1. The van der Waals surface area contributed by atoms with Crippen LogP contribution in [0.25, 0.3) is 0 Å². The van der Waals surface area contributed by atoms with Gasteiger partial charge in [-0.2, -0.15) is 0 Å². The van der Waals surface area contributed by atoms with E-state index in [1.807, 2.05) is 6.07 Å². The molecular formula is C20H33IN4O. The van der Waals surface area contributed by atoms with Crippen LogP contribution < -0.4 is 11.1 Å². The lowest BCUT2D eigenvalue weighted by Crippen LogP contribution is -2.56. The van der Waals surface area contributed by atoms with Crippen LogP contribution in [0.2, 0.25) is 0 Å². The van der Waals surface area contributed by atoms with E-state index in [1.165, 1.54) is 37.7 Å². The number of ether oxygens (including phenoxy) is 1. The van der Waals surface area contributed by atoms with Gasteiger partial charge < -0.3 is 15.8 Å². The average molecular weight is 472 g/mol. The number of benzene rings is 1. The molecule has 3 rings (SSSR count). The van der Waals surface area contributed by atoms with Crippen molar-refractivity contribution in [3.05, 3.63) is 35.9 Å². The van der Waals surface area contributed by atoms with Crippen molar-refractivity contribution >= 4 is 29.9 Å². The van der Waals surface area contributed by atoms with Crippen LogP contribution >= 0.6 is 24.0 Å². The molecule has 6 heteroatoms. The Balaban J connectivity index is 0.00000243. The van der Waals surface area contributed by atoms with Gasteiger partial charge >= 0.3 is 0 Å². The minimum atomic E-state index is 0. The minimum Gasteiger partial charge on any atom is -0.379 e. The standard InChI is InChI=1S/C20H32N4O.HI/c21-19(22-12-9-18-7-3-1-4-8-18)23-17-20(10-5-2-6-11-20)24-13-15-25-16-14-24;/h1,3-4,7-8H,2,5-6,9-17H2,(H3,21,22,23);1H. The van der Waals surface area contributed by atoms with Crippen LogP contribution in [-0.2, 0) is 11.2 Å². The summed E-state index contributed by atoms with van der Waals surface area (Å²) in [6, 6.07) is 10.5. The Hall–Kier alpha value is -0.860. The summed E-state index contributed by atoms with van der Waals surface area (Å²) in [5.74, 6) is 0.578. The molecule has 0 unspecified atom stereocenters. The van der Waals surface area contributed by atoms with Crippen molar-refractivity contribution in [2.24, 2.45) is 10.7 Å². The molecule has 0 bridgehead atoms. The molecule has 1 heterocycles. The minimum absolute atomic E-state index is 0. The number of hydrogen-bond acceptors (Lipinski definition) is 3. The number of hydrogen-bond donors (Lipinski definition) is 2. The highest BCUT2D eigenvalue weighted by Crippen LogP contribution is 2.34. The number of morpholine rings is 1. The van der Waals surface area contributed by atoms with E-state index in [2.05, 4.69) is 34.5 Å². The molecule has 2 fully saturated rings. The van der Waals surface area contributed by atoms with Crippen LogP contribution in [0.5, 0.6) is 0 Å². The molecule has 26 heavy (non-hydrogen) atoms. The summed E-state index contributed by atoms with van der Waals surface area (Å²) in [6.07, 6.45) is 7.37. The monoisotopic (exact) mass is 472 g/mol. The molecular weight excluding hydrogens is 439 g/mol. The molecule has 1 aromatic carbocycles. The van der Waals surface area contributed by atoms with E-state index < -0.39 is 0 Å². The highest BCUT2D eigenvalue weighted by atomic mass is 127. The number of guanidine groups is 1. The largest absolute Gasteiger partial charge is 0.379 e. The second-order valence-corrected chi connectivity index (χ2v) is 7.25. The topological polar surface area (TPSA) is 62.9 Å². The molecule has 1 aliphatic heterocycles. The van der Waals surface area contributed by atoms with Crippen LogP contribution in [0, 0.1) is 0 Å². The van der Waals surface area contributed by atoms with Gasteiger partial charge in [0.2, 0.25) is 0 Å². The first-order chi connectivity index (χ1) is 12.3. The van der Waals surface area contributed by atoms with Gasteiger partial charge in [-0.25, -0.2) is 0 Å². The zero-order valence-corrected chi connectivity index (χ0v) is 18.0. The van der Waals surface area contributed by atoms with Crippen molar-refractivity contribution in [3.63, 3.8) is 0 Å². The Kier molecular flexibility index (Phi) is 9.15.